The molecule has 4 atom stereocenters. The zero-order valence-corrected chi connectivity index (χ0v) is 16.3. The van der Waals surface area contributed by atoms with Gasteiger partial charge in [-0.05, 0) is 39.5 Å². The van der Waals surface area contributed by atoms with Crippen LogP contribution in [0.1, 0.15) is 39.7 Å². The summed E-state index contributed by atoms with van der Waals surface area (Å²) in [6.45, 7) is 5.66. The first kappa shape index (κ1) is 21.1. The molecule has 1 unspecified atom stereocenters. The number of nitrogens with one attached hydrogen (secondary N) is 1. The zero-order valence-electron chi connectivity index (χ0n) is 15.4. The lowest BCUT2D eigenvalue weighted by atomic mass is 10.0. The minimum Gasteiger partial charge on any atom is -0.377 e. The van der Waals surface area contributed by atoms with Gasteiger partial charge in [-0.25, -0.2) is 4.79 Å². The quantitative estimate of drug-likeness (QED) is 0.614. The summed E-state index contributed by atoms with van der Waals surface area (Å²) in [5.41, 5.74) is -1.53. The second kappa shape index (κ2) is 7.78. The number of hydrogen-bond donors (Lipinski definition) is 3. The number of methoxy groups -OCH3 is 1. The molecule has 0 saturated heterocycles. The molecule has 1 saturated carbocycles. The highest BCUT2D eigenvalue weighted by Crippen LogP contribution is 2.45. The second-order valence-corrected chi connectivity index (χ2v) is 9.43. The number of ether oxygens (including phenoxy) is 2. The van der Waals surface area contributed by atoms with Gasteiger partial charge in [0.2, 0.25) is 0 Å². The lowest BCUT2D eigenvalue weighted by Gasteiger charge is -2.32. The van der Waals surface area contributed by atoms with Gasteiger partial charge < -0.3 is 19.3 Å². The van der Waals surface area contributed by atoms with Gasteiger partial charge in [0.15, 0.2) is 0 Å². The number of aromatic amines is 1. The van der Waals surface area contributed by atoms with Gasteiger partial charge >= 0.3 is 13.3 Å². The molecule has 1 aromatic heterocycles. The van der Waals surface area contributed by atoms with E-state index in [4.69, 9.17) is 9.47 Å². The SMILES string of the molecule is CO[C@H]1C(OC(C)(C)C)[C@@H](CCP(=O)(O)O)C[C@H]1n1ccc(=O)[nH]c1=O. The summed E-state index contributed by atoms with van der Waals surface area (Å²) < 4.78 is 24.4. The highest BCUT2D eigenvalue weighted by Gasteiger charge is 2.47. The maximum Gasteiger partial charge on any atom is 0.328 e. The van der Waals surface area contributed by atoms with Crippen molar-refractivity contribution in [2.45, 2.75) is 57.5 Å². The highest BCUT2D eigenvalue weighted by atomic mass is 31.2. The molecule has 2 rings (SSSR count). The van der Waals surface area contributed by atoms with Gasteiger partial charge in [-0.1, -0.05) is 0 Å². The molecule has 148 valence electrons. The van der Waals surface area contributed by atoms with E-state index in [0.717, 1.165) is 0 Å². The predicted molar refractivity (Wildman–Crippen MR) is 95.4 cm³/mol. The average Bonchev–Trinajstić information content (AvgIpc) is 2.80. The molecule has 0 bridgehead atoms. The molecule has 0 amide bonds. The van der Waals surface area contributed by atoms with Crippen LogP contribution in [0.25, 0.3) is 0 Å². The monoisotopic (exact) mass is 390 g/mol. The predicted octanol–water partition coefficient (Wildman–Crippen LogP) is 0.864. The van der Waals surface area contributed by atoms with Crippen molar-refractivity contribution < 1.29 is 23.8 Å². The van der Waals surface area contributed by atoms with Crippen LogP contribution in [0.3, 0.4) is 0 Å². The molecular weight excluding hydrogens is 363 g/mol. The topological polar surface area (TPSA) is 131 Å². The Morgan fingerprint density at radius 1 is 1.31 bits per heavy atom. The van der Waals surface area contributed by atoms with Crippen LogP contribution in [0.5, 0.6) is 0 Å². The zero-order chi connectivity index (χ0) is 19.7. The van der Waals surface area contributed by atoms with Crippen molar-refractivity contribution in [3.63, 3.8) is 0 Å². The van der Waals surface area contributed by atoms with E-state index in [1.165, 1.54) is 23.9 Å². The number of H-pyrrole nitrogens is 1. The van der Waals surface area contributed by atoms with E-state index in [9.17, 15) is 23.9 Å². The van der Waals surface area contributed by atoms with Gasteiger partial charge in [-0.15, -0.1) is 0 Å². The number of hydrogen-bond acceptors (Lipinski definition) is 5. The highest BCUT2D eigenvalue weighted by molar-refractivity contribution is 7.51. The third kappa shape index (κ3) is 5.37. The maximum atomic E-state index is 12.2. The van der Waals surface area contributed by atoms with Crippen molar-refractivity contribution in [2.24, 2.45) is 5.92 Å². The number of nitrogens with zero attached hydrogens (tertiary/aromatic N) is 1. The molecule has 0 aliphatic heterocycles. The Hall–Kier alpha value is -1.25. The first-order valence-electron chi connectivity index (χ1n) is 8.48. The average molecular weight is 390 g/mol. The summed E-state index contributed by atoms with van der Waals surface area (Å²) in [6.07, 6.45) is 0.933. The smallest absolute Gasteiger partial charge is 0.328 e. The Morgan fingerprint density at radius 2 is 1.96 bits per heavy atom. The molecule has 1 aliphatic carbocycles. The summed E-state index contributed by atoms with van der Waals surface area (Å²) in [7, 11) is -2.63. The van der Waals surface area contributed by atoms with E-state index < -0.39 is 42.7 Å². The Bertz CT molecular complexity index is 776. The van der Waals surface area contributed by atoms with E-state index in [1.54, 1.807) is 0 Å². The van der Waals surface area contributed by atoms with E-state index in [1.807, 2.05) is 20.8 Å². The van der Waals surface area contributed by atoms with Crippen molar-refractivity contribution in [3.05, 3.63) is 33.1 Å². The maximum absolute atomic E-state index is 12.2. The Kier molecular flexibility index (Phi) is 6.30. The molecule has 0 spiro atoms. The van der Waals surface area contributed by atoms with Crippen molar-refractivity contribution in [2.75, 3.05) is 13.3 Å². The summed E-state index contributed by atoms with van der Waals surface area (Å²) in [5, 5.41) is 0. The Morgan fingerprint density at radius 3 is 2.46 bits per heavy atom. The normalized spacial score (nSPS) is 27.0. The first-order valence-corrected chi connectivity index (χ1v) is 10.3. The Labute approximate surface area is 151 Å². The lowest BCUT2D eigenvalue weighted by molar-refractivity contribution is -0.128. The van der Waals surface area contributed by atoms with Crippen molar-refractivity contribution in [1.82, 2.24) is 9.55 Å². The third-order valence-corrected chi connectivity index (χ3v) is 5.31. The van der Waals surface area contributed by atoms with Crippen LogP contribution in [0, 0.1) is 5.92 Å². The first-order chi connectivity index (χ1) is 11.9. The van der Waals surface area contributed by atoms with Crippen LogP contribution in [0.2, 0.25) is 0 Å². The molecule has 1 aromatic rings. The molecule has 1 aliphatic rings. The lowest BCUT2D eigenvalue weighted by Crippen LogP contribution is -2.41. The van der Waals surface area contributed by atoms with Crippen LogP contribution in [-0.4, -0.2) is 50.4 Å². The summed E-state index contributed by atoms with van der Waals surface area (Å²) >= 11 is 0. The van der Waals surface area contributed by atoms with Gasteiger partial charge in [-0.2, -0.15) is 0 Å². The fourth-order valence-corrected chi connectivity index (χ4v) is 4.17. The van der Waals surface area contributed by atoms with Crippen LogP contribution >= 0.6 is 7.60 Å². The molecule has 26 heavy (non-hydrogen) atoms. The van der Waals surface area contributed by atoms with Crippen molar-refractivity contribution in [3.8, 4) is 0 Å². The molecule has 0 radical (unpaired) electrons. The Balaban J connectivity index is 2.36. The minimum absolute atomic E-state index is 0.198. The molecular formula is C16H27N2O7P. The van der Waals surface area contributed by atoms with Crippen molar-refractivity contribution >= 4 is 7.60 Å². The van der Waals surface area contributed by atoms with Gasteiger partial charge in [-0.3, -0.25) is 18.9 Å². The van der Waals surface area contributed by atoms with Gasteiger partial charge in [0.1, 0.15) is 6.10 Å². The molecule has 9 nitrogen and oxygen atoms in total. The van der Waals surface area contributed by atoms with E-state index in [-0.39, 0.29) is 18.5 Å². The molecule has 10 heteroatoms. The van der Waals surface area contributed by atoms with Gasteiger partial charge in [0, 0.05) is 19.4 Å². The number of rotatable bonds is 6. The molecule has 3 N–H and O–H groups in total. The van der Waals surface area contributed by atoms with Crippen LogP contribution in [-0.2, 0) is 14.0 Å². The van der Waals surface area contributed by atoms with Gasteiger partial charge in [0.25, 0.3) is 5.56 Å². The fourth-order valence-electron chi connectivity index (χ4n) is 3.50. The second-order valence-electron chi connectivity index (χ2n) is 7.65. The van der Waals surface area contributed by atoms with E-state index in [0.29, 0.717) is 6.42 Å². The summed E-state index contributed by atoms with van der Waals surface area (Å²) in [5.74, 6) is -0.198. The molecule has 0 aromatic carbocycles. The van der Waals surface area contributed by atoms with Crippen LogP contribution in [0.15, 0.2) is 21.9 Å². The van der Waals surface area contributed by atoms with Crippen LogP contribution in [0.4, 0.5) is 0 Å². The number of aromatic nitrogens is 2. The van der Waals surface area contributed by atoms with E-state index >= 15 is 0 Å². The molecule has 1 fully saturated rings. The largest absolute Gasteiger partial charge is 0.377 e. The fraction of sp³-hybridized carbons (Fsp3) is 0.750. The van der Waals surface area contributed by atoms with Crippen molar-refractivity contribution in [1.29, 1.82) is 0 Å². The summed E-state index contributed by atoms with van der Waals surface area (Å²) in [6, 6.07) is 0.856. The molecule has 1 heterocycles. The third-order valence-electron chi connectivity index (χ3n) is 4.47. The minimum atomic E-state index is -4.14. The summed E-state index contributed by atoms with van der Waals surface area (Å²) in [4.78, 5) is 44.2. The standard InChI is InChI=1S/C16H27N2O7P/c1-16(2,3)25-13-10(6-8-26(21,22)23)9-11(14(13)24-4)18-7-5-12(19)17-15(18)20/h5,7,10-11,13-14H,6,8-9H2,1-4H3,(H,17,19,20)(H2,21,22,23)/t10-,11+,13?,14+/m0/s1. The van der Waals surface area contributed by atoms with Gasteiger partial charge in [0.05, 0.1) is 23.9 Å². The van der Waals surface area contributed by atoms with E-state index in [2.05, 4.69) is 4.98 Å². The van der Waals surface area contributed by atoms with Crippen LogP contribution < -0.4 is 11.2 Å².